The number of carbonyl (C=O) groups excluding carboxylic acids is 3. The van der Waals surface area contributed by atoms with Crippen molar-refractivity contribution >= 4 is 29.1 Å². The van der Waals surface area contributed by atoms with Crippen molar-refractivity contribution in [1.82, 2.24) is 15.5 Å². The lowest BCUT2D eigenvalue weighted by molar-refractivity contribution is -0.141. The van der Waals surface area contributed by atoms with Crippen LogP contribution in [-0.2, 0) is 20.9 Å². The second-order valence-corrected chi connectivity index (χ2v) is 10.2. The molecule has 3 amide bonds. The molecule has 0 bridgehead atoms. The molecule has 3 aromatic rings. The summed E-state index contributed by atoms with van der Waals surface area (Å²) in [6.45, 7) is 0.566. The van der Waals surface area contributed by atoms with Crippen molar-refractivity contribution in [2.45, 2.75) is 31.5 Å². The molecule has 0 radical (unpaired) electrons. The SMILES string of the molecule is COc1ccc(C(C(=O)NCC2CCCO2)N(Cc2ccc(F)cc2)C(=O)CNC(=O)c2cccs2)cc1OC. The average molecular weight is 570 g/mol. The van der Waals surface area contributed by atoms with E-state index in [2.05, 4.69) is 10.6 Å². The van der Waals surface area contributed by atoms with Crippen molar-refractivity contribution < 1.29 is 33.0 Å². The molecule has 2 heterocycles. The molecule has 4 rings (SSSR count). The number of ether oxygens (including phenoxy) is 3. The Morgan fingerprint density at radius 3 is 2.50 bits per heavy atom. The van der Waals surface area contributed by atoms with E-state index in [1.165, 1.54) is 42.6 Å². The largest absolute Gasteiger partial charge is 0.493 e. The standard InChI is InChI=1S/C29H32FN3O6S/c1-37-23-12-9-20(15-24(23)38-2)27(29(36)31-16-22-5-3-13-39-22)33(18-19-7-10-21(30)11-8-19)26(34)17-32-28(35)25-6-4-14-40-25/h4,6-12,14-15,22,27H,3,5,13,16-18H2,1-2H3,(H,31,36)(H,32,35). The summed E-state index contributed by atoms with van der Waals surface area (Å²) in [5.41, 5.74) is 1.08. The van der Waals surface area contributed by atoms with Crippen LogP contribution in [0.15, 0.2) is 60.0 Å². The molecule has 1 saturated heterocycles. The van der Waals surface area contributed by atoms with Gasteiger partial charge in [-0.15, -0.1) is 11.3 Å². The number of hydrogen-bond donors (Lipinski definition) is 2. The van der Waals surface area contributed by atoms with E-state index in [9.17, 15) is 18.8 Å². The lowest BCUT2D eigenvalue weighted by Crippen LogP contribution is -2.48. The number of carbonyl (C=O) groups is 3. The topological polar surface area (TPSA) is 106 Å². The van der Waals surface area contributed by atoms with Gasteiger partial charge in [-0.3, -0.25) is 14.4 Å². The van der Waals surface area contributed by atoms with Gasteiger partial charge in [0.15, 0.2) is 11.5 Å². The Morgan fingerprint density at radius 2 is 1.85 bits per heavy atom. The number of halogens is 1. The maximum absolute atomic E-state index is 13.8. The van der Waals surface area contributed by atoms with Crippen LogP contribution in [0.25, 0.3) is 0 Å². The minimum Gasteiger partial charge on any atom is -0.493 e. The number of benzene rings is 2. The van der Waals surface area contributed by atoms with E-state index in [0.717, 1.165) is 12.8 Å². The van der Waals surface area contributed by atoms with Gasteiger partial charge < -0.3 is 29.7 Å². The first-order valence-electron chi connectivity index (χ1n) is 12.9. The van der Waals surface area contributed by atoms with Gasteiger partial charge in [0.1, 0.15) is 11.9 Å². The molecule has 2 atom stereocenters. The summed E-state index contributed by atoms with van der Waals surface area (Å²) in [6, 6.07) is 13.0. The predicted molar refractivity (Wildman–Crippen MR) is 148 cm³/mol. The van der Waals surface area contributed by atoms with Gasteiger partial charge in [-0.1, -0.05) is 24.3 Å². The summed E-state index contributed by atoms with van der Waals surface area (Å²) in [7, 11) is 2.99. The van der Waals surface area contributed by atoms with E-state index in [0.29, 0.717) is 34.1 Å². The van der Waals surface area contributed by atoms with Gasteiger partial charge in [0.05, 0.1) is 31.7 Å². The molecule has 1 aliphatic heterocycles. The van der Waals surface area contributed by atoms with Gasteiger partial charge in [0.2, 0.25) is 11.8 Å². The summed E-state index contributed by atoms with van der Waals surface area (Å²) in [5, 5.41) is 7.35. The minimum atomic E-state index is -1.10. The number of nitrogens with one attached hydrogen (secondary N) is 2. The molecule has 2 unspecified atom stereocenters. The van der Waals surface area contributed by atoms with Crippen LogP contribution >= 0.6 is 11.3 Å². The van der Waals surface area contributed by atoms with Crippen LogP contribution in [0.1, 0.15) is 39.7 Å². The van der Waals surface area contributed by atoms with Gasteiger partial charge in [-0.25, -0.2) is 4.39 Å². The third-order valence-corrected chi connectivity index (χ3v) is 7.41. The molecule has 11 heteroatoms. The van der Waals surface area contributed by atoms with Crippen LogP contribution in [0.3, 0.4) is 0 Å². The van der Waals surface area contributed by atoms with Crippen molar-refractivity contribution in [1.29, 1.82) is 0 Å². The molecule has 1 aromatic heterocycles. The van der Waals surface area contributed by atoms with Crippen LogP contribution in [-0.4, -0.2) is 62.6 Å². The Kier molecular flexibility index (Phi) is 10.1. The minimum absolute atomic E-state index is 0.0135. The van der Waals surface area contributed by atoms with E-state index in [-0.39, 0.29) is 25.7 Å². The molecule has 2 aromatic carbocycles. The summed E-state index contributed by atoms with van der Waals surface area (Å²) in [5.74, 6) is -0.892. The number of rotatable bonds is 12. The predicted octanol–water partition coefficient (Wildman–Crippen LogP) is 3.70. The molecule has 1 fully saturated rings. The highest BCUT2D eigenvalue weighted by molar-refractivity contribution is 7.12. The number of hydrogen-bond acceptors (Lipinski definition) is 7. The fourth-order valence-electron chi connectivity index (χ4n) is 4.47. The molecule has 0 saturated carbocycles. The highest BCUT2D eigenvalue weighted by Gasteiger charge is 2.33. The zero-order valence-electron chi connectivity index (χ0n) is 22.4. The Balaban J connectivity index is 1.67. The van der Waals surface area contributed by atoms with Gasteiger partial charge in [0.25, 0.3) is 5.91 Å². The van der Waals surface area contributed by atoms with E-state index in [1.54, 1.807) is 47.8 Å². The highest BCUT2D eigenvalue weighted by atomic mass is 32.1. The van der Waals surface area contributed by atoms with Crippen molar-refractivity contribution in [3.05, 3.63) is 81.8 Å². The first-order chi connectivity index (χ1) is 19.4. The summed E-state index contributed by atoms with van der Waals surface area (Å²) >= 11 is 1.26. The molecule has 0 aliphatic carbocycles. The Bertz CT molecular complexity index is 1300. The van der Waals surface area contributed by atoms with Gasteiger partial charge in [-0.2, -0.15) is 0 Å². The number of thiophene rings is 1. The van der Waals surface area contributed by atoms with Crippen molar-refractivity contribution in [2.75, 3.05) is 33.9 Å². The molecule has 1 aliphatic rings. The third kappa shape index (κ3) is 7.36. The average Bonchev–Trinajstić information content (AvgIpc) is 3.70. The maximum atomic E-state index is 13.8. The summed E-state index contributed by atoms with van der Waals surface area (Å²) < 4.78 is 30.1. The molecule has 9 nitrogen and oxygen atoms in total. The van der Waals surface area contributed by atoms with Gasteiger partial charge in [0, 0.05) is 19.7 Å². The lowest BCUT2D eigenvalue weighted by atomic mass is 10.0. The third-order valence-electron chi connectivity index (χ3n) is 6.54. The first kappa shape index (κ1) is 29.0. The second-order valence-electron chi connectivity index (χ2n) is 9.21. The summed E-state index contributed by atoms with van der Waals surface area (Å²) in [6.07, 6.45) is 1.63. The number of methoxy groups -OCH3 is 2. The monoisotopic (exact) mass is 569 g/mol. The van der Waals surface area contributed by atoms with Crippen molar-refractivity contribution in [3.8, 4) is 11.5 Å². The fourth-order valence-corrected chi connectivity index (χ4v) is 5.11. The Morgan fingerprint density at radius 1 is 1.07 bits per heavy atom. The smallest absolute Gasteiger partial charge is 0.261 e. The molecular formula is C29H32FN3O6S. The highest BCUT2D eigenvalue weighted by Crippen LogP contribution is 2.33. The summed E-state index contributed by atoms with van der Waals surface area (Å²) in [4.78, 5) is 41.9. The first-order valence-corrected chi connectivity index (χ1v) is 13.7. The Labute approximate surface area is 236 Å². The number of nitrogens with zero attached hydrogens (tertiary/aromatic N) is 1. The quantitative estimate of drug-likeness (QED) is 0.345. The van der Waals surface area contributed by atoms with E-state index < -0.39 is 29.6 Å². The van der Waals surface area contributed by atoms with Gasteiger partial charge >= 0.3 is 0 Å². The van der Waals surface area contributed by atoms with Crippen molar-refractivity contribution in [3.63, 3.8) is 0 Å². The van der Waals surface area contributed by atoms with Crippen LogP contribution in [0.5, 0.6) is 11.5 Å². The molecule has 0 spiro atoms. The normalized spacial score (nSPS) is 15.2. The second kappa shape index (κ2) is 13.9. The lowest BCUT2D eigenvalue weighted by Gasteiger charge is -2.32. The van der Waals surface area contributed by atoms with E-state index in [1.807, 2.05) is 0 Å². The van der Waals surface area contributed by atoms with Crippen molar-refractivity contribution in [2.24, 2.45) is 0 Å². The van der Waals surface area contributed by atoms with Crippen LogP contribution in [0, 0.1) is 5.82 Å². The fraction of sp³-hybridized carbons (Fsp3) is 0.345. The van der Waals surface area contributed by atoms with Crippen LogP contribution in [0.2, 0.25) is 0 Å². The van der Waals surface area contributed by atoms with E-state index in [4.69, 9.17) is 14.2 Å². The van der Waals surface area contributed by atoms with Crippen LogP contribution in [0.4, 0.5) is 4.39 Å². The van der Waals surface area contributed by atoms with E-state index >= 15 is 0 Å². The molecular weight excluding hydrogens is 537 g/mol. The number of amides is 3. The van der Waals surface area contributed by atoms with Gasteiger partial charge in [-0.05, 0) is 59.7 Å². The molecule has 2 N–H and O–H groups in total. The Hall–Kier alpha value is -3.96. The zero-order chi connectivity index (χ0) is 28.5. The molecule has 212 valence electrons. The zero-order valence-corrected chi connectivity index (χ0v) is 23.2. The van der Waals surface area contributed by atoms with Crippen LogP contribution < -0.4 is 20.1 Å². The molecule has 40 heavy (non-hydrogen) atoms. The maximum Gasteiger partial charge on any atom is 0.261 e.